The monoisotopic (exact) mass is 470 g/mol. The topological polar surface area (TPSA) is 65.5 Å². The Morgan fingerprint density at radius 3 is 2.65 bits per heavy atom. The summed E-state index contributed by atoms with van der Waals surface area (Å²) >= 11 is 6.28. The number of sulfonamides is 1. The summed E-state index contributed by atoms with van der Waals surface area (Å²) < 4.78 is 56.3. The van der Waals surface area contributed by atoms with Crippen LogP contribution in [0.3, 0.4) is 0 Å². The minimum atomic E-state index is -4.40. The van der Waals surface area contributed by atoms with Gasteiger partial charge in [-0.3, -0.25) is 4.72 Å². The molecule has 1 aromatic carbocycles. The van der Waals surface area contributed by atoms with Crippen LogP contribution in [0.2, 0.25) is 5.02 Å². The minimum Gasteiger partial charge on any atom is -0.371 e. The maximum atomic E-state index is 15.3. The van der Waals surface area contributed by atoms with Gasteiger partial charge in [0.05, 0.1) is 5.02 Å². The van der Waals surface area contributed by atoms with Gasteiger partial charge in [0.2, 0.25) is 5.95 Å². The van der Waals surface area contributed by atoms with E-state index in [1.165, 1.54) is 18.2 Å². The van der Waals surface area contributed by atoms with Crippen LogP contribution in [0.5, 0.6) is 0 Å². The standard InChI is InChI=1S/C21H25ClF2N4O2S/c1-13-15(28-10-9-21(12-28)8-7-16(21)27(2)3)11-14(22)20(19(13)24)31(29,30)26-18-6-4-5-17(23)25-18/h4-6,11,16H,7-10,12H2,1-3H3,(H,25,26)/t16-,21-/m0/s1. The molecule has 2 aliphatic rings. The van der Waals surface area contributed by atoms with Crippen molar-refractivity contribution >= 4 is 33.1 Å². The lowest BCUT2D eigenvalue weighted by Crippen LogP contribution is -2.54. The fraction of sp³-hybridized carbons (Fsp3) is 0.476. The van der Waals surface area contributed by atoms with Gasteiger partial charge in [0.25, 0.3) is 10.0 Å². The summed E-state index contributed by atoms with van der Waals surface area (Å²) in [6, 6.07) is 5.65. The van der Waals surface area contributed by atoms with Crippen LogP contribution in [-0.2, 0) is 10.0 Å². The van der Waals surface area contributed by atoms with Crippen molar-refractivity contribution in [3.05, 3.63) is 46.6 Å². The number of hydrogen-bond donors (Lipinski definition) is 1. The zero-order valence-electron chi connectivity index (χ0n) is 17.6. The third kappa shape index (κ3) is 3.87. The number of hydrogen-bond acceptors (Lipinski definition) is 5. The fourth-order valence-corrected chi connectivity index (χ4v) is 6.66. The van der Waals surface area contributed by atoms with Crippen molar-refractivity contribution < 1.29 is 17.2 Å². The Labute approximate surface area is 186 Å². The number of anilines is 2. The number of pyridine rings is 1. The molecule has 1 aliphatic carbocycles. The van der Waals surface area contributed by atoms with E-state index in [-0.39, 0.29) is 21.8 Å². The van der Waals surface area contributed by atoms with Crippen LogP contribution in [0, 0.1) is 24.1 Å². The van der Waals surface area contributed by atoms with Gasteiger partial charge in [-0.25, -0.2) is 17.8 Å². The molecule has 4 rings (SSSR count). The van der Waals surface area contributed by atoms with Crippen LogP contribution in [-0.4, -0.2) is 51.5 Å². The third-order valence-corrected chi connectivity index (χ3v) is 8.41. The SMILES string of the molecule is Cc1c(N2CC[C@@]3(CC[C@@H]3N(C)C)C2)cc(Cl)c(S(=O)(=O)Nc2cccc(F)n2)c1F. The van der Waals surface area contributed by atoms with E-state index in [9.17, 15) is 12.8 Å². The second kappa shape index (κ2) is 7.86. The van der Waals surface area contributed by atoms with E-state index >= 15 is 4.39 Å². The Hall–Kier alpha value is -1.97. The van der Waals surface area contributed by atoms with Gasteiger partial charge >= 0.3 is 0 Å². The number of rotatable bonds is 5. The normalized spacial score (nSPS) is 23.5. The molecule has 1 spiro atoms. The van der Waals surface area contributed by atoms with Gasteiger partial charge in [-0.1, -0.05) is 17.7 Å². The number of halogens is 3. The molecule has 31 heavy (non-hydrogen) atoms. The van der Waals surface area contributed by atoms with Crippen molar-refractivity contribution in [3.8, 4) is 0 Å². The largest absolute Gasteiger partial charge is 0.371 e. The van der Waals surface area contributed by atoms with Crippen LogP contribution in [0.15, 0.2) is 29.2 Å². The molecule has 1 saturated heterocycles. The fourth-order valence-electron chi connectivity index (χ4n) is 4.98. The second-order valence-electron chi connectivity index (χ2n) is 8.65. The molecule has 168 valence electrons. The summed E-state index contributed by atoms with van der Waals surface area (Å²) in [6.07, 6.45) is 3.27. The first kappa shape index (κ1) is 22.2. The van der Waals surface area contributed by atoms with Gasteiger partial charge in [-0.15, -0.1) is 0 Å². The Kier molecular flexibility index (Phi) is 5.64. The van der Waals surface area contributed by atoms with E-state index in [2.05, 4.69) is 33.6 Å². The zero-order chi connectivity index (χ0) is 22.6. The van der Waals surface area contributed by atoms with Gasteiger partial charge in [0, 0.05) is 35.8 Å². The number of benzene rings is 1. The molecule has 0 radical (unpaired) electrons. The second-order valence-corrected chi connectivity index (χ2v) is 10.7. The predicted molar refractivity (Wildman–Crippen MR) is 117 cm³/mol. The molecule has 2 fully saturated rings. The summed E-state index contributed by atoms with van der Waals surface area (Å²) in [4.78, 5) is 7.14. The molecule has 1 aliphatic heterocycles. The van der Waals surface area contributed by atoms with Gasteiger partial charge in [0.1, 0.15) is 16.5 Å². The number of aromatic nitrogens is 1. The highest BCUT2D eigenvalue weighted by molar-refractivity contribution is 7.92. The molecule has 10 heteroatoms. The van der Waals surface area contributed by atoms with Crippen molar-refractivity contribution in [3.63, 3.8) is 0 Å². The molecule has 1 aromatic heterocycles. The first-order chi connectivity index (χ1) is 14.5. The molecule has 1 N–H and O–H groups in total. The lowest BCUT2D eigenvalue weighted by atomic mass is 9.63. The summed E-state index contributed by atoms with van der Waals surface area (Å²) in [5.74, 6) is -2.02. The summed E-state index contributed by atoms with van der Waals surface area (Å²) in [7, 11) is -0.243. The van der Waals surface area contributed by atoms with Gasteiger partial charge in [-0.2, -0.15) is 4.39 Å². The van der Waals surface area contributed by atoms with Crippen LogP contribution < -0.4 is 9.62 Å². The van der Waals surface area contributed by atoms with Crippen LogP contribution in [0.25, 0.3) is 0 Å². The highest BCUT2D eigenvalue weighted by Crippen LogP contribution is 2.51. The minimum absolute atomic E-state index is 0.175. The third-order valence-electron chi connectivity index (χ3n) is 6.59. The lowest BCUT2D eigenvalue weighted by Gasteiger charge is -2.50. The van der Waals surface area contributed by atoms with Crippen LogP contribution in [0.4, 0.5) is 20.3 Å². The quantitative estimate of drug-likeness (QED) is 0.668. The molecule has 1 saturated carbocycles. The molecular formula is C21H25ClF2N4O2S. The molecule has 0 amide bonds. The highest BCUT2D eigenvalue weighted by atomic mass is 35.5. The predicted octanol–water partition coefficient (Wildman–Crippen LogP) is 4.04. The molecule has 0 unspecified atom stereocenters. The van der Waals surface area contributed by atoms with Crippen LogP contribution in [0.1, 0.15) is 24.8 Å². The lowest BCUT2D eigenvalue weighted by molar-refractivity contribution is 0.0177. The van der Waals surface area contributed by atoms with Crippen molar-refractivity contribution in [2.24, 2.45) is 5.41 Å². The van der Waals surface area contributed by atoms with Gasteiger partial charge in [-0.05, 0) is 58.5 Å². The number of nitrogens with one attached hydrogen (secondary N) is 1. The van der Waals surface area contributed by atoms with E-state index in [0.29, 0.717) is 11.7 Å². The Morgan fingerprint density at radius 2 is 2.03 bits per heavy atom. The maximum Gasteiger partial charge on any atom is 0.267 e. The first-order valence-electron chi connectivity index (χ1n) is 10.1. The number of nitrogens with zero attached hydrogens (tertiary/aromatic N) is 3. The average molecular weight is 471 g/mol. The van der Waals surface area contributed by atoms with Crippen LogP contribution >= 0.6 is 11.6 Å². The first-order valence-corrected chi connectivity index (χ1v) is 12.0. The van der Waals surface area contributed by atoms with E-state index in [1.807, 2.05) is 0 Å². The van der Waals surface area contributed by atoms with E-state index < -0.39 is 26.7 Å². The average Bonchev–Trinajstić information content (AvgIpc) is 3.10. The van der Waals surface area contributed by atoms with Gasteiger partial charge in [0.15, 0.2) is 0 Å². The van der Waals surface area contributed by atoms with E-state index in [0.717, 1.165) is 38.4 Å². The highest BCUT2D eigenvalue weighted by Gasteiger charge is 2.51. The summed E-state index contributed by atoms with van der Waals surface area (Å²) in [5.41, 5.74) is 0.996. The molecule has 6 nitrogen and oxygen atoms in total. The van der Waals surface area contributed by atoms with E-state index in [4.69, 9.17) is 11.6 Å². The Bertz CT molecular complexity index is 1130. The summed E-state index contributed by atoms with van der Waals surface area (Å²) in [5, 5.41) is -0.222. The molecule has 0 bridgehead atoms. The summed E-state index contributed by atoms with van der Waals surface area (Å²) in [6.45, 7) is 3.10. The van der Waals surface area contributed by atoms with Crippen molar-refractivity contribution in [2.75, 3.05) is 36.8 Å². The Balaban J connectivity index is 1.64. The van der Waals surface area contributed by atoms with Crippen molar-refractivity contribution in [1.82, 2.24) is 9.88 Å². The van der Waals surface area contributed by atoms with Crippen molar-refractivity contribution in [2.45, 2.75) is 37.1 Å². The van der Waals surface area contributed by atoms with Gasteiger partial charge < -0.3 is 9.80 Å². The maximum absolute atomic E-state index is 15.3. The van der Waals surface area contributed by atoms with E-state index in [1.54, 1.807) is 6.92 Å². The molecule has 2 heterocycles. The Morgan fingerprint density at radius 1 is 1.29 bits per heavy atom. The molecule has 2 atom stereocenters. The van der Waals surface area contributed by atoms with Crippen molar-refractivity contribution in [1.29, 1.82) is 0 Å². The smallest absolute Gasteiger partial charge is 0.267 e. The molecule has 2 aromatic rings. The zero-order valence-corrected chi connectivity index (χ0v) is 19.2. The molecular weight excluding hydrogens is 446 g/mol.